The lowest BCUT2D eigenvalue weighted by molar-refractivity contribution is -0.139. The third kappa shape index (κ3) is 4.98. The molecule has 0 saturated carbocycles. The molecule has 1 aromatic rings. The smallest absolute Gasteiger partial charge is 0.227 e. The topological polar surface area (TPSA) is 74.8 Å². The van der Waals surface area contributed by atoms with Crippen molar-refractivity contribution in [2.45, 2.75) is 19.3 Å². The fraction of sp³-hybridized carbons (Fsp3) is 0.556. The zero-order valence-corrected chi connectivity index (χ0v) is 16.1. The highest BCUT2D eigenvalue weighted by Crippen LogP contribution is 2.22. The third-order valence-electron chi connectivity index (χ3n) is 5.04. The van der Waals surface area contributed by atoms with E-state index in [1.807, 2.05) is 12.1 Å². The summed E-state index contributed by atoms with van der Waals surface area (Å²) >= 11 is 5.85. The second-order valence-electron chi connectivity index (χ2n) is 7.04. The summed E-state index contributed by atoms with van der Waals surface area (Å²) in [6, 6.07) is 7.22. The summed E-state index contributed by atoms with van der Waals surface area (Å²) in [5.74, 6) is 0.297. The largest absolute Gasteiger partial charge is 0.339 e. The minimum Gasteiger partial charge on any atom is -0.339 e. The SMILES string of the molecule is O=C(Cc1ccc(Cl)cc1)N1CCN(C(=O)CC2CCS(=O)(=O)C2)CC1. The van der Waals surface area contributed by atoms with Crippen molar-refractivity contribution < 1.29 is 18.0 Å². The van der Waals surface area contributed by atoms with Gasteiger partial charge < -0.3 is 9.80 Å². The van der Waals surface area contributed by atoms with Gasteiger partial charge in [0, 0.05) is 37.6 Å². The molecule has 0 aliphatic carbocycles. The first-order valence-electron chi connectivity index (χ1n) is 8.83. The molecule has 0 N–H and O–H groups in total. The van der Waals surface area contributed by atoms with Gasteiger partial charge in [0.2, 0.25) is 11.8 Å². The molecule has 6 nitrogen and oxygen atoms in total. The Morgan fingerprint density at radius 2 is 1.58 bits per heavy atom. The third-order valence-corrected chi connectivity index (χ3v) is 7.13. The van der Waals surface area contributed by atoms with Crippen LogP contribution < -0.4 is 0 Å². The number of halogens is 1. The fourth-order valence-electron chi connectivity index (χ4n) is 3.50. The lowest BCUT2D eigenvalue weighted by atomic mass is 10.0. The number of carbonyl (C=O) groups excluding carboxylic acids is 2. The molecule has 0 spiro atoms. The number of benzene rings is 1. The van der Waals surface area contributed by atoms with E-state index in [9.17, 15) is 18.0 Å². The molecule has 0 bridgehead atoms. The van der Waals surface area contributed by atoms with E-state index in [2.05, 4.69) is 0 Å². The van der Waals surface area contributed by atoms with Crippen LogP contribution in [0, 0.1) is 5.92 Å². The van der Waals surface area contributed by atoms with Crippen LogP contribution in [-0.2, 0) is 25.8 Å². The second-order valence-corrected chi connectivity index (χ2v) is 9.70. The molecule has 2 heterocycles. The molecule has 26 heavy (non-hydrogen) atoms. The summed E-state index contributed by atoms with van der Waals surface area (Å²) in [4.78, 5) is 28.3. The lowest BCUT2D eigenvalue weighted by Crippen LogP contribution is -2.51. The van der Waals surface area contributed by atoms with Crippen molar-refractivity contribution in [2.24, 2.45) is 5.92 Å². The van der Waals surface area contributed by atoms with Crippen molar-refractivity contribution >= 4 is 33.3 Å². The van der Waals surface area contributed by atoms with E-state index in [0.29, 0.717) is 44.0 Å². The predicted molar refractivity (Wildman–Crippen MR) is 99.7 cm³/mol. The minimum absolute atomic E-state index is 0.00287. The normalized spacial score (nSPS) is 22.4. The number of nitrogens with zero attached hydrogens (tertiary/aromatic N) is 2. The van der Waals surface area contributed by atoms with Crippen LogP contribution in [0.5, 0.6) is 0 Å². The number of sulfone groups is 1. The van der Waals surface area contributed by atoms with Crippen molar-refractivity contribution in [2.75, 3.05) is 37.7 Å². The summed E-state index contributed by atoms with van der Waals surface area (Å²) in [6.45, 7) is 2.04. The van der Waals surface area contributed by atoms with E-state index in [0.717, 1.165) is 5.56 Å². The Balaban J connectivity index is 1.45. The summed E-state index contributed by atoms with van der Waals surface area (Å²) < 4.78 is 23.0. The number of rotatable bonds is 4. The van der Waals surface area contributed by atoms with Crippen molar-refractivity contribution in [3.8, 4) is 0 Å². The molecule has 2 fully saturated rings. The van der Waals surface area contributed by atoms with E-state index < -0.39 is 9.84 Å². The highest BCUT2D eigenvalue weighted by Gasteiger charge is 2.32. The van der Waals surface area contributed by atoms with Gasteiger partial charge in [0.25, 0.3) is 0 Å². The van der Waals surface area contributed by atoms with E-state index in [-0.39, 0.29) is 35.7 Å². The second kappa shape index (κ2) is 7.96. The molecule has 2 aliphatic heterocycles. The van der Waals surface area contributed by atoms with Crippen LogP contribution >= 0.6 is 11.6 Å². The summed E-state index contributed by atoms with van der Waals surface area (Å²) in [6.07, 6.45) is 1.19. The van der Waals surface area contributed by atoms with Gasteiger partial charge in [-0.15, -0.1) is 0 Å². The molecule has 2 aliphatic rings. The summed E-state index contributed by atoms with van der Waals surface area (Å²) in [5.41, 5.74) is 0.917. The number of amides is 2. The van der Waals surface area contributed by atoms with Gasteiger partial charge in [-0.2, -0.15) is 0 Å². The van der Waals surface area contributed by atoms with Gasteiger partial charge in [0.05, 0.1) is 17.9 Å². The van der Waals surface area contributed by atoms with Crippen molar-refractivity contribution in [1.82, 2.24) is 9.80 Å². The standard InChI is InChI=1S/C18H23ClN2O4S/c19-16-3-1-14(2-4-16)11-17(22)20-6-8-21(9-7-20)18(23)12-15-5-10-26(24,25)13-15/h1-4,15H,5-13H2. The quantitative estimate of drug-likeness (QED) is 0.767. The molecule has 2 amide bonds. The maximum absolute atomic E-state index is 12.4. The van der Waals surface area contributed by atoms with Crippen molar-refractivity contribution in [3.63, 3.8) is 0 Å². The molecule has 3 rings (SSSR count). The summed E-state index contributed by atoms with van der Waals surface area (Å²) in [7, 11) is -2.96. The minimum atomic E-state index is -2.96. The zero-order chi connectivity index (χ0) is 18.7. The Bertz CT molecular complexity index is 771. The van der Waals surface area contributed by atoms with Crippen LogP contribution in [0.2, 0.25) is 5.02 Å². The van der Waals surface area contributed by atoms with E-state index in [4.69, 9.17) is 11.6 Å². The highest BCUT2D eigenvalue weighted by molar-refractivity contribution is 7.91. The molecule has 0 aromatic heterocycles. The van der Waals surface area contributed by atoms with Gasteiger partial charge in [0.15, 0.2) is 9.84 Å². The Morgan fingerprint density at radius 3 is 2.12 bits per heavy atom. The molecule has 1 atom stereocenters. The van der Waals surface area contributed by atoms with Gasteiger partial charge in [-0.25, -0.2) is 8.42 Å². The fourth-order valence-corrected chi connectivity index (χ4v) is 5.49. The predicted octanol–water partition coefficient (Wildman–Crippen LogP) is 1.38. The van der Waals surface area contributed by atoms with Crippen LogP contribution in [0.25, 0.3) is 0 Å². The maximum Gasteiger partial charge on any atom is 0.227 e. The van der Waals surface area contributed by atoms with Crippen LogP contribution in [-0.4, -0.2) is 67.7 Å². The van der Waals surface area contributed by atoms with E-state index in [1.165, 1.54) is 0 Å². The molecule has 142 valence electrons. The first-order chi connectivity index (χ1) is 12.3. The Hall–Kier alpha value is -1.60. The Morgan fingerprint density at radius 1 is 1.00 bits per heavy atom. The zero-order valence-electron chi connectivity index (χ0n) is 14.6. The van der Waals surface area contributed by atoms with E-state index in [1.54, 1.807) is 21.9 Å². The Kier molecular flexibility index (Phi) is 5.87. The van der Waals surface area contributed by atoms with Crippen LogP contribution in [0.1, 0.15) is 18.4 Å². The molecule has 1 unspecified atom stereocenters. The highest BCUT2D eigenvalue weighted by atomic mass is 35.5. The summed E-state index contributed by atoms with van der Waals surface area (Å²) in [5, 5.41) is 0.642. The van der Waals surface area contributed by atoms with Crippen LogP contribution in [0.4, 0.5) is 0 Å². The molecular weight excluding hydrogens is 376 g/mol. The van der Waals surface area contributed by atoms with Gasteiger partial charge in [0.1, 0.15) is 0 Å². The van der Waals surface area contributed by atoms with Gasteiger partial charge in [-0.1, -0.05) is 23.7 Å². The Labute approximate surface area is 159 Å². The van der Waals surface area contributed by atoms with Crippen molar-refractivity contribution in [1.29, 1.82) is 0 Å². The number of piperazine rings is 1. The average molecular weight is 399 g/mol. The average Bonchev–Trinajstić information content (AvgIpc) is 2.95. The van der Waals surface area contributed by atoms with Crippen LogP contribution in [0.15, 0.2) is 24.3 Å². The molecule has 8 heteroatoms. The van der Waals surface area contributed by atoms with Gasteiger partial charge in [-0.3, -0.25) is 9.59 Å². The molecule has 1 aromatic carbocycles. The monoisotopic (exact) mass is 398 g/mol. The lowest BCUT2D eigenvalue weighted by Gasteiger charge is -2.35. The van der Waals surface area contributed by atoms with Gasteiger partial charge >= 0.3 is 0 Å². The first kappa shape index (κ1) is 19.2. The first-order valence-corrected chi connectivity index (χ1v) is 11.0. The van der Waals surface area contributed by atoms with Gasteiger partial charge in [-0.05, 0) is 30.0 Å². The molecule has 0 radical (unpaired) electrons. The van der Waals surface area contributed by atoms with Crippen LogP contribution in [0.3, 0.4) is 0 Å². The molecular formula is C18H23ClN2O4S. The number of hydrogen-bond donors (Lipinski definition) is 0. The number of carbonyl (C=O) groups is 2. The number of hydrogen-bond acceptors (Lipinski definition) is 4. The van der Waals surface area contributed by atoms with Crippen molar-refractivity contribution in [3.05, 3.63) is 34.9 Å². The maximum atomic E-state index is 12.4. The molecule has 2 saturated heterocycles. The van der Waals surface area contributed by atoms with E-state index >= 15 is 0 Å².